The number of nitrogens with two attached hydrogens (primary N) is 1. The van der Waals surface area contributed by atoms with E-state index in [9.17, 15) is 0 Å². The van der Waals surface area contributed by atoms with Crippen LogP contribution in [0.2, 0.25) is 0 Å². The molecule has 1 heterocycles. The molecule has 0 spiro atoms. The van der Waals surface area contributed by atoms with E-state index in [1.165, 1.54) is 18.4 Å². The number of amidine groups is 1. The van der Waals surface area contributed by atoms with Gasteiger partial charge in [0.15, 0.2) is 0 Å². The molecule has 0 saturated heterocycles. The van der Waals surface area contributed by atoms with Crippen molar-refractivity contribution in [1.29, 1.82) is 0 Å². The first-order valence-corrected chi connectivity index (χ1v) is 5.39. The van der Waals surface area contributed by atoms with E-state index in [0.717, 1.165) is 11.6 Å². The van der Waals surface area contributed by atoms with Gasteiger partial charge in [-0.05, 0) is 18.9 Å². The average molecular weight is 202 g/mol. The van der Waals surface area contributed by atoms with E-state index in [-0.39, 0.29) is 5.92 Å². The van der Waals surface area contributed by atoms with Gasteiger partial charge in [0, 0.05) is 5.56 Å². The Morgan fingerprint density at radius 2 is 2.13 bits per heavy atom. The molecule has 2 N–H and O–H groups in total. The third kappa shape index (κ3) is 1.58. The molecule has 1 aliphatic heterocycles. The van der Waals surface area contributed by atoms with Gasteiger partial charge in [0.2, 0.25) is 0 Å². The largest absolute Gasteiger partial charge is 0.492 e. The van der Waals surface area contributed by atoms with Gasteiger partial charge in [-0.1, -0.05) is 18.2 Å². The van der Waals surface area contributed by atoms with Crippen LogP contribution in [0.15, 0.2) is 29.3 Å². The third-order valence-corrected chi connectivity index (χ3v) is 2.94. The second-order valence-electron chi connectivity index (χ2n) is 4.19. The van der Waals surface area contributed by atoms with Crippen LogP contribution < -0.4 is 10.5 Å². The number of benzene rings is 1. The summed E-state index contributed by atoms with van der Waals surface area (Å²) in [6, 6.07) is 8.54. The van der Waals surface area contributed by atoms with Crippen molar-refractivity contribution in [2.45, 2.75) is 24.8 Å². The Balaban J connectivity index is 1.89. The molecule has 1 atom stereocenters. The molecule has 1 aromatic rings. The van der Waals surface area contributed by atoms with E-state index in [4.69, 9.17) is 10.5 Å². The molecule has 78 valence electrons. The van der Waals surface area contributed by atoms with Crippen LogP contribution >= 0.6 is 0 Å². The summed E-state index contributed by atoms with van der Waals surface area (Å²) < 4.78 is 5.57. The van der Waals surface area contributed by atoms with Crippen LogP contribution in [0.4, 0.5) is 0 Å². The SMILES string of the molecule is NC(=NC1CC1)C1COc2ccccc21. The van der Waals surface area contributed by atoms with Crippen molar-refractivity contribution in [2.75, 3.05) is 6.61 Å². The highest BCUT2D eigenvalue weighted by Crippen LogP contribution is 2.34. The van der Waals surface area contributed by atoms with Gasteiger partial charge in [-0.15, -0.1) is 0 Å². The molecule has 15 heavy (non-hydrogen) atoms. The standard InChI is InChI=1S/C12H14N2O/c13-12(14-8-5-6-8)10-7-15-11-4-2-1-3-9(10)11/h1-4,8,10H,5-7H2,(H2,13,14). The molecular weight excluding hydrogens is 188 g/mol. The lowest BCUT2D eigenvalue weighted by atomic mass is 10.0. The first-order valence-electron chi connectivity index (χ1n) is 5.39. The highest BCUT2D eigenvalue weighted by molar-refractivity contribution is 5.89. The van der Waals surface area contributed by atoms with Gasteiger partial charge in [-0.25, -0.2) is 0 Å². The molecule has 1 unspecified atom stereocenters. The zero-order valence-corrected chi connectivity index (χ0v) is 8.52. The van der Waals surface area contributed by atoms with Crippen LogP contribution in [0, 0.1) is 0 Å². The first kappa shape index (κ1) is 8.77. The Kier molecular flexibility index (Phi) is 1.91. The lowest BCUT2D eigenvalue weighted by Crippen LogP contribution is -2.23. The summed E-state index contributed by atoms with van der Waals surface area (Å²) in [5, 5.41) is 0. The summed E-state index contributed by atoms with van der Waals surface area (Å²) in [4.78, 5) is 4.48. The highest BCUT2D eigenvalue weighted by Gasteiger charge is 2.29. The van der Waals surface area contributed by atoms with Crippen LogP contribution in [-0.4, -0.2) is 18.5 Å². The molecule has 0 amide bonds. The zero-order valence-electron chi connectivity index (χ0n) is 8.52. The molecule has 0 bridgehead atoms. The minimum Gasteiger partial charge on any atom is -0.492 e. The molecule has 0 aromatic heterocycles. The van der Waals surface area contributed by atoms with Crippen molar-refractivity contribution in [3.05, 3.63) is 29.8 Å². The summed E-state index contributed by atoms with van der Waals surface area (Å²) in [5.74, 6) is 1.86. The maximum absolute atomic E-state index is 6.00. The lowest BCUT2D eigenvalue weighted by Gasteiger charge is -2.07. The molecule has 2 aliphatic rings. The summed E-state index contributed by atoms with van der Waals surface area (Å²) in [7, 11) is 0. The molecule has 3 rings (SSSR count). The Labute approximate surface area is 89.0 Å². The fraction of sp³-hybridized carbons (Fsp3) is 0.417. The molecule has 3 heteroatoms. The predicted octanol–water partition coefficient (Wildman–Crippen LogP) is 1.68. The van der Waals surface area contributed by atoms with Crippen LogP contribution in [0.25, 0.3) is 0 Å². The van der Waals surface area contributed by atoms with Crippen LogP contribution in [-0.2, 0) is 0 Å². The van der Waals surface area contributed by atoms with E-state index in [0.29, 0.717) is 12.6 Å². The zero-order chi connectivity index (χ0) is 10.3. The first-order chi connectivity index (χ1) is 7.34. The minimum atomic E-state index is 0.168. The fourth-order valence-corrected chi connectivity index (χ4v) is 1.91. The normalized spacial score (nSPS) is 24.8. The summed E-state index contributed by atoms with van der Waals surface area (Å²) >= 11 is 0. The van der Waals surface area contributed by atoms with Crippen molar-refractivity contribution in [2.24, 2.45) is 10.7 Å². The van der Waals surface area contributed by atoms with Crippen molar-refractivity contribution in [3.8, 4) is 5.75 Å². The Bertz CT molecular complexity index is 410. The van der Waals surface area contributed by atoms with Crippen molar-refractivity contribution >= 4 is 5.84 Å². The second kappa shape index (κ2) is 3.26. The van der Waals surface area contributed by atoms with Crippen LogP contribution in [0.3, 0.4) is 0 Å². The number of rotatable bonds is 2. The number of hydrogen-bond donors (Lipinski definition) is 1. The predicted molar refractivity (Wildman–Crippen MR) is 59.3 cm³/mol. The van der Waals surface area contributed by atoms with Crippen molar-refractivity contribution in [1.82, 2.24) is 0 Å². The Morgan fingerprint density at radius 3 is 2.93 bits per heavy atom. The maximum atomic E-state index is 6.00. The molecule has 3 nitrogen and oxygen atoms in total. The molecule has 1 aliphatic carbocycles. The summed E-state index contributed by atoms with van der Waals surface area (Å²) in [5.41, 5.74) is 7.18. The number of nitrogens with zero attached hydrogens (tertiary/aromatic N) is 1. The van der Waals surface area contributed by atoms with E-state index in [1.54, 1.807) is 0 Å². The number of aliphatic imine (C=N–C) groups is 1. The van der Waals surface area contributed by atoms with Crippen LogP contribution in [0.1, 0.15) is 24.3 Å². The summed E-state index contributed by atoms with van der Waals surface area (Å²) in [6.07, 6.45) is 2.38. The smallest absolute Gasteiger partial charge is 0.123 e. The monoisotopic (exact) mass is 202 g/mol. The Hall–Kier alpha value is -1.51. The van der Waals surface area contributed by atoms with Crippen LogP contribution in [0.5, 0.6) is 5.75 Å². The fourth-order valence-electron chi connectivity index (χ4n) is 1.91. The van der Waals surface area contributed by atoms with Crippen molar-refractivity contribution < 1.29 is 4.74 Å². The van der Waals surface area contributed by atoms with E-state index >= 15 is 0 Å². The molecule has 0 radical (unpaired) electrons. The van der Waals surface area contributed by atoms with Crippen molar-refractivity contribution in [3.63, 3.8) is 0 Å². The van der Waals surface area contributed by atoms with Gasteiger partial charge in [-0.3, -0.25) is 4.99 Å². The van der Waals surface area contributed by atoms with Gasteiger partial charge >= 0.3 is 0 Å². The second-order valence-corrected chi connectivity index (χ2v) is 4.19. The molecular formula is C12H14N2O. The van der Waals surface area contributed by atoms with Gasteiger partial charge in [0.25, 0.3) is 0 Å². The number of fused-ring (bicyclic) bond motifs is 1. The number of para-hydroxylation sites is 1. The maximum Gasteiger partial charge on any atom is 0.123 e. The van der Waals surface area contributed by atoms with Gasteiger partial charge in [-0.2, -0.15) is 0 Å². The lowest BCUT2D eigenvalue weighted by molar-refractivity contribution is 0.349. The average Bonchev–Trinajstić information content (AvgIpc) is 2.96. The van der Waals surface area contributed by atoms with E-state index in [1.807, 2.05) is 18.2 Å². The molecule has 1 aromatic carbocycles. The van der Waals surface area contributed by atoms with E-state index < -0.39 is 0 Å². The third-order valence-electron chi connectivity index (χ3n) is 2.94. The number of hydrogen-bond acceptors (Lipinski definition) is 2. The highest BCUT2D eigenvalue weighted by atomic mass is 16.5. The quantitative estimate of drug-likeness (QED) is 0.586. The minimum absolute atomic E-state index is 0.168. The molecule has 1 fully saturated rings. The van der Waals surface area contributed by atoms with Gasteiger partial charge in [0.1, 0.15) is 18.2 Å². The summed E-state index contributed by atoms with van der Waals surface area (Å²) in [6.45, 7) is 0.640. The van der Waals surface area contributed by atoms with Gasteiger partial charge < -0.3 is 10.5 Å². The topological polar surface area (TPSA) is 47.6 Å². The number of ether oxygens (including phenoxy) is 1. The Morgan fingerprint density at radius 1 is 1.33 bits per heavy atom. The molecule has 1 saturated carbocycles. The van der Waals surface area contributed by atoms with E-state index in [2.05, 4.69) is 11.1 Å². The van der Waals surface area contributed by atoms with Gasteiger partial charge in [0.05, 0.1) is 12.0 Å².